The Hall–Kier alpha value is -2.51. The number of fused-ring (bicyclic) bond motifs is 5. The van der Waals surface area contributed by atoms with Gasteiger partial charge in [-0.25, -0.2) is 15.0 Å². The van der Waals surface area contributed by atoms with Crippen molar-refractivity contribution in [1.82, 2.24) is 15.0 Å². The Labute approximate surface area is 173 Å². The van der Waals surface area contributed by atoms with E-state index in [0.29, 0.717) is 12.5 Å². The van der Waals surface area contributed by atoms with Crippen molar-refractivity contribution in [2.75, 3.05) is 11.9 Å². The third kappa shape index (κ3) is 3.18. The summed E-state index contributed by atoms with van der Waals surface area (Å²) >= 11 is 1.64. The lowest BCUT2D eigenvalue weighted by Gasteiger charge is -2.32. The summed E-state index contributed by atoms with van der Waals surface area (Å²) < 4.78 is 12.9. The Bertz CT molecular complexity index is 1190. The Kier molecular flexibility index (Phi) is 4.33. The summed E-state index contributed by atoms with van der Waals surface area (Å²) in [6.07, 6.45) is 4.14. The van der Waals surface area contributed by atoms with E-state index >= 15 is 0 Å². The smallest absolute Gasteiger partial charge is 0.152 e. The highest BCUT2D eigenvalue weighted by molar-refractivity contribution is 7.26. The number of hydrogen-bond donors (Lipinski definition) is 1. The molecule has 0 aromatic carbocycles. The van der Waals surface area contributed by atoms with Gasteiger partial charge in [0.05, 0.1) is 28.7 Å². The van der Waals surface area contributed by atoms with Gasteiger partial charge in [-0.2, -0.15) is 0 Å². The summed E-state index contributed by atoms with van der Waals surface area (Å²) in [6, 6.07) is 3.85. The van der Waals surface area contributed by atoms with Crippen LogP contribution < -0.4 is 5.32 Å². The number of hydrogen-bond acceptors (Lipinski definition) is 7. The molecule has 0 aliphatic carbocycles. The number of rotatable bonds is 4. The molecule has 7 heteroatoms. The zero-order valence-electron chi connectivity index (χ0n) is 17.1. The second-order valence-corrected chi connectivity index (χ2v) is 9.58. The van der Waals surface area contributed by atoms with Gasteiger partial charge in [0.25, 0.3) is 0 Å². The largest absolute Gasteiger partial charge is 0.463 e. The normalized spacial score (nSPS) is 15.9. The van der Waals surface area contributed by atoms with Gasteiger partial charge in [-0.05, 0) is 37.5 Å². The first-order valence-electron chi connectivity index (χ1n) is 9.93. The number of anilines is 1. The molecule has 5 rings (SSSR count). The number of thiophene rings is 1. The van der Waals surface area contributed by atoms with Crippen LogP contribution in [-0.2, 0) is 17.8 Å². The van der Waals surface area contributed by atoms with E-state index in [4.69, 9.17) is 14.1 Å². The highest BCUT2D eigenvalue weighted by Gasteiger charge is 2.32. The highest BCUT2D eigenvalue weighted by Crippen LogP contribution is 2.44. The Balaban J connectivity index is 1.79. The monoisotopic (exact) mass is 408 g/mol. The van der Waals surface area contributed by atoms with E-state index < -0.39 is 0 Å². The van der Waals surface area contributed by atoms with Crippen LogP contribution in [0.25, 0.3) is 31.9 Å². The number of aromatic nitrogens is 3. The van der Waals surface area contributed by atoms with Crippen LogP contribution >= 0.6 is 11.3 Å². The molecule has 4 aromatic heterocycles. The van der Waals surface area contributed by atoms with Crippen molar-refractivity contribution in [2.45, 2.75) is 46.3 Å². The minimum atomic E-state index is -0.234. The zero-order chi connectivity index (χ0) is 20.2. The Morgan fingerprint density at radius 3 is 2.86 bits per heavy atom. The molecule has 0 bridgehead atoms. The fourth-order valence-electron chi connectivity index (χ4n) is 3.85. The number of furan rings is 1. The zero-order valence-corrected chi connectivity index (χ0v) is 17.9. The molecule has 0 spiro atoms. The van der Waals surface area contributed by atoms with Crippen molar-refractivity contribution in [3.63, 3.8) is 0 Å². The van der Waals surface area contributed by atoms with Crippen LogP contribution in [0.4, 0.5) is 5.82 Å². The molecule has 0 unspecified atom stereocenters. The molecule has 0 radical (unpaired) electrons. The summed E-state index contributed by atoms with van der Waals surface area (Å²) in [7, 11) is 0. The lowest BCUT2D eigenvalue weighted by atomic mass is 9.89. The van der Waals surface area contributed by atoms with Crippen LogP contribution in [-0.4, -0.2) is 27.1 Å². The number of nitrogens with one attached hydrogen (secondary N) is 1. The molecule has 1 N–H and O–H groups in total. The van der Waals surface area contributed by atoms with Crippen LogP contribution in [0.3, 0.4) is 0 Å². The van der Waals surface area contributed by atoms with E-state index in [0.717, 1.165) is 56.2 Å². The molecule has 6 nitrogen and oxygen atoms in total. The van der Waals surface area contributed by atoms with Gasteiger partial charge in [0.15, 0.2) is 5.76 Å². The van der Waals surface area contributed by atoms with Crippen molar-refractivity contribution in [3.05, 3.63) is 35.9 Å². The minimum absolute atomic E-state index is 0.234. The van der Waals surface area contributed by atoms with Gasteiger partial charge in [-0.3, -0.25) is 0 Å². The van der Waals surface area contributed by atoms with E-state index in [1.54, 1.807) is 23.9 Å². The van der Waals surface area contributed by atoms with Gasteiger partial charge in [0.2, 0.25) is 0 Å². The van der Waals surface area contributed by atoms with Gasteiger partial charge >= 0.3 is 0 Å². The van der Waals surface area contributed by atoms with Crippen molar-refractivity contribution >= 4 is 37.6 Å². The van der Waals surface area contributed by atoms with Crippen molar-refractivity contribution in [2.24, 2.45) is 5.92 Å². The first-order valence-corrected chi connectivity index (χ1v) is 10.8. The molecule has 5 heterocycles. The third-order valence-corrected chi connectivity index (χ3v) is 6.34. The lowest BCUT2D eigenvalue weighted by molar-refractivity contribution is -0.0395. The SMILES string of the molecule is CC(C)CNc1ncnc2c1sc1nc(-c3ccco3)c3c(c12)CC(C)(C)OC3. The average molecular weight is 409 g/mol. The van der Waals surface area contributed by atoms with E-state index in [2.05, 4.69) is 43.0 Å². The van der Waals surface area contributed by atoms with E-state index in [1.165, 1.54) is 5.56 Å². The molecule has 0 saturated heterocycles. The van der Waals surface area contributed by atoms with Crippen LogP contribution in [0.5, 0.6) is 0 Å². The summed E-state index contributed by atoms with van der Waals surface area (Å²) in [4.78, 5) is 15.1. The number of nitrogens with zero attached hydrogens (tertiary/aromatic N) is 3. The Morgan fingerprint density at radius 1 is 1.24 bits per heavy atom. The van der Waals surface area contributed by atoms with E-state index in [9.17, 15) is 0 Å². The highest BCUT2D eigenvalue weighted by atomic mass is 32.1. The molecular weight excluding hydrogens is 384 g/mol. The predicted molar refractivity (Wildman–Crippen MR) is 116 cm³/mol. The van der Waals surface area contributed by atoms with Crippen LogP contribution in [0, 0.1) is 5.92 Å². The van der Waals surface area contributed by atoms with Gasteiger partial charge in [-0.1, -0.05) is 13.8 Å². The quantitative estimate of drug-likeness (QED) is 0.486. The predicted octanol–water partition coefficient (Wildman–Crippen LogP) is 5.42. The summed E-state index contributed by atoms with van der Waals surface area (Å²) in [5, 5.41) is 4.60. The van der Waals surface area contributed by atoms with Crippen molar-refractivity contribution in [1.29, 1.82) is 0 Å². The second-order valence-electron chi connectivity index (χ2n) is 8.58. The maximum atomic E-state index is 6.13. The molecule has 1 aliphatic heterocycles. The topological polar surface area (TPSA) is 73.1 Å². The molecule has 1 aliphatic rings. The van der Waals surface area contributed by atoms with Crippen molar-refractivity contribution in [3.8, 4) is 11.5 Å². The van der Waals surface area contributed by atoms with Crippen LogP contribution in [0.2, 0.25) is 0 Å². The molecule has 4 aromatic rings. The Morgan fingerprint density at radius 2 is 2.10 bits per heavy atom. The molecule has 0 fully saturated rings. The molecule has 150 valence electrons. The van der Waals surface area contributed by atoms with Gasteiger partial charge in [-0.15, -0.1) is 11.3 Å². The fraction of sp³-hybridized carbons (Fsp3) is 0.409. The third-order valence-electron chi connectivity index (χ3n) is 5.26. The molecule has 0 atom stereocenters. The first kappa shape index (κ1) is 18.5. The first-order chi connectivity index (χ1) is 13.9. The van der Waals surface area contributed by atoms with Crippen LogP contribution in [0.15, 0.2) is 29.1 Å². The van der Waals surface area contributed by atoms with E-state index in [1.807, 2.05) is 12.1 Å². The number of ether oxygens (including phenoxy) is 1. The summed E-state index contributed by atoms with van der Waals surface area (Å²) in [5.41, 5.74) is 3.96. The molecular formula is C22H24N4O2S. The standard InChI is InChI=1S/C22H24N4O2S/c1-12(2)9-23-20-19-18(24-11-25-20)16-13-8-22(3,4)28-10-14(13)17(26-21(16)29-19)15-6-5-7-27-15/h5-7,11-12H,8-10H2,1-4H3,(H,23,24,25). The fourth-order valence-corrected chi connectivity index (χ4v) is 4.97. The maximum absolute atomic E-state index is 6.13. The lowest BCUT2D eigenvalue weighted by Crippen LogP contribution is -2.32. The van der Waals surface area contributed by atoms with Gasteiger partial charge in [0, 0.05) is 23.9 Å². The van der Waals surface area contributed by atoms with Gasteiger partial charge < -0.3 is 14.5 Å². The van der Waals surface area contributed by atoms with Crippen molar-refractivity contribution < 1.29 is 9.15 Å². The molecule has 0 saturated carbocycles. The van der Waals surface area contributed by atoms with Gasteiger partial charge in [0.1, 0.15) is 22.7 Å². The minimum Gasteiger partial charge on any atom is -0.463 e. The second kappa shape index (κ2) is 6.78. The van der Waals surface area contributed by atoms with Crippen LogP contribution in [0.1, 0.15) is 38.8 Å². The molecule has 29 heavy (non-hydrogen) atoms. The summed E-state index contributed by atoms with van der Waals surface area (Å²) in [5.74, 6) is 2.18. The number of pyridine rings is 1. The average Bonchev–Trinajstić information content (AvgIpc) is 3.32. The maximum Gasteiger partial charge on any atom is 0.152 e. The molecule has 0 amide bonds. The van der Waals surface area contributed by atoms with E-state index in [-0.39, 0.29) is 5.60 Å². The summed E-state index contributed by atoms with van der Waals surface area (Å²) in [6.45, 7) is 10.0.